The van der Waals surface area contributed by atoms with Crippen LogP contribution in [-0.2, 0) is 0 Å². The molecule has 74 valence electrons. The van der Waals surface area contributed by atoms with Gasteiger partial charge in [0.25, 0.3) is 0 Å². The smallest absolute Gasteiger partial charge is 0.152 e. The Balaban J connectivity index is 2.53. The lowest BCUT2D eigenvalue weighted by Crippen LogP contribution is -1.90. The molecule has 0 saturated carbocycles. The van der Waals surface area contributed by atoms with E-state index in [1.807, 2.05) is 31.2 Å². The van der Waals surface area contributed by atoms with E-state index in [9.17, 15) is 4.79 Å². The fourth-order valence-corrected chi connectivity index (χ4v) is 1.47. The van der Waals surface area contributed by atoms with Crippen molar-refractivity contribution in [3.63, 3.8) is 0 Å². The summed E-state index contributed by atoms with van der Waals surface area (Å²) >= 11 is 0. The summed E-state index contributed by atoms with van der Waals surface area (Å²) in [6, 6.07) is 11.5. The average molecular weight is 197 g/mol. The monoisotopic (exact) mass is 197 g/mol. The molecule has 15 heavy (non-hydrogen) atoms. The summed E-state index contributed by atoms with van der Waals surface area (Å²) in [4.78, 5) is 15.0. The van der Waals surface area contributed by atoms with Crippen LogP contribution in [0.15, 0.2) is 42.6 Å². The van der Waals surface area contributed by atoms with E-state index in [4.69, 9.17) is 0 Å². The molecule has 0 aliphatic carbocycles. The Morgan fingerprint density at radius 1 is 1.13 bits per heavy atom. The number of rotatable bonds is 2. The molecule has 0 spiro atoms. The molecule has 2 rings (SSSR count). The minimum Gasteiger partial charge on any atom is -0.298 e. The first-order chi connectivity index (χ1) is 7.31. The van der Waals surface area contributed by atoms with E-state index in [-0.39, 0.29) is 0 Å². The quantitative estimate of drug-likeness (QED) is 0.693. The van der Waals surface area contributed by atoms with Crippen LogP contribution in [0, 0.1) is 6.92 Å². The minimum absolute atomic E-state index is 0.626. The molecule has 2 nitrogen and oxygen atoms in total. The zero-order valence-corrected chi connectivity index (χ0v) is 8.47. The zero-order chi connectivity index (χ0) is 10.7. The number of nitrogens with zero attached hydrogens (tertiary/aromatic N) is 1. The number of aromatic nitrogens is 1. The van der Waals surface area contributed by atoms with E-state index in [1.165, 1.54) is 5.56 Å². The van der Waals surface area contributed by atoms with E-state index in [0.717, 1.165) is 17.5 Å². The van der Waals surface area contributed by atoms with Crippen molar-refractivity contribution < 1.29 is 4.79 Å². The summed E-state index contributed by atoms with van der Waals surface area (Å²) in [5.41, 5.74) is 3.54. The van der Waals surface area contributed by atoms with E-state index >= 15 is 0 Å². The van der Waals surface area contributed by atoms with Crippen molar-refractivity contribution in [1.82, 2.24) is 4.98 Å². The van der Waals surface area contributed by atoms with Crippen LogP contribution in [-0.4, -0.2) is 11.3 Å². The van der Waals surface area contributed by atoms with Gasteiger partial charge in [-0.3, -0.25) is 9.78 Å². The molecule has 0 amide bonds. The molecule has 1 heterocycles. The van der Waals surface area contributed by atoms with Gasteiger partial charge in [-0.1, -0.05) is 29.8 Å². The number of aryl methyl sites for hydroxylation is 1. The molecule has 0 bridgehead atoms. The van der Waals surface area contributed by atoms with E-state index in [0.29, 0.717) is 5.56 Å². The minimum atomic E-state index is 0.626. The standard InChI is InChI=1S/C13H11NO/c1-10-4-6-11(7-5-10)13-12(9-15)3-2-8-14-13/h2-9H,1H3. The first-order valence-electron chi connectivity index (χ1n) is 4.78. The number of hydrogen-bond donors (Lipinski definition) is 0. The van der Waals surface area contributed by atoms with Gasteiger partial charge in [-0.05, 0) is 19.1 Å². The lowest BCUT2D eigenvalue weighted by Gasteiger charge is -2.03. The topological polar surface area (TPSA) is 30.0 Å². The van der Waals surface area contributed by atoms with Crippen LogP contribution < -0.4 is 0 Å². The third kappa shape index (κ3) is 1.94. The maximum absolute atomic E-state index is 10.8. The van der Waals surface area contributed by atoms with E-state index in [1.54, 1.807) is 18.3 Å². The first kappa shape index (κ1) is 9.59. The maximum Gasteiger partial charge on any atom is 0.152 e. The summed E-state index contributed by atoms with van der Waals surface area (Å²) < 4.78 is 0. The SMILES string of the molecule is Cc1ccc(-c2ncccc2C=O)cc1. The highest BCUT2D eigenvalue weighted by Crippen LogP contribution is 2.19. The van der Waals surface area contributed by atoms with Crippen molar-refractivity contribution in [3.05, 3.63) is 53.7 Å². The van der Waals surface area contributed by atoms with Crippen molar-refractivity contribution in [3.8, 4) is 11.3 Å². The molecule has 0 aliphatic rings. The van der Waals surface area contributed by atoms with Gasteiger partial charge in [0.15, 0.2) is 6.29 Å². The third-order valence-corrected chi connectivity index (χ3v) is 2.29. The molecular formula is C13H11NO. The zero-order valence-electron chi connectivity index (χ0n) is 8.47. The Bertz CT molecular complexity index is 474. The summed E-state index contributed by atoms with van der Waals surface area (Å²) in [5.74, 6) is 0. The Morgan fingerprint density at radius 3 is 2.53 bits per heavy atom. The molecule has 0 aliphatic heterocycles. The van der Waals surface area contributed by atoms with Crippen LogP contribution in [0.1, 0.15) is 15.9 Å². The van der Waals surface area contributed by atoms with Crippen LogP contribution in [0.25, 0.3) is 11.3 Å². The number of benzene rings is 1. The van der Waals surface area contributed by atoms with Gasteiger partial charge in [0.2, 0.25) is 0 Å². The van der Waals surface area contributed by atoms with E-state index in [2.05, 4.69) is 4.98 Å². The van der Waals surface area contributed by atoms with Crippen molar-refractivity contribution in [1.29, 1.82) is 0 Å². The molecule has 0 unspecified atom stereocenters. The summed E-state index contributed by atoms with van der Waals surface area (Å²) in [5, 5.41) is 0. The summed E-state index contributed by atoms with van der Waals surface area (Å²) in [6.07, 6.45) is 2.53. The summed E-state index contributed by atoms with van der Waals surface area (Å²) in [7, 11) is 0. The Labute approximate surface area is 88.6 Å². The second kappa shape index (κ2) is 4.05. The van der Waals surface area contributed by atoms with Gasteiger partial charge in [0.05, 0.1) is 5.69 Å². The maximum atomic E-state index is 10.8. The van der Waals surface area contributed by atoms with Gasteiger partial charge in [-0.2, -0.15) is 0 Å². The highest BCUT2D eigenvalue weighted by Gasteiger charge is 2.04. The predicted molar refractivity (Wildman–Crippen MR) is 59.8 cm³/mol. The van der Waals surface area contributed by atoms with Gasteiger partial charge >= 0.3 is 0 Å². The van der Waals surface area contributed by atoms with Gasteiger partial charge in [0.1, 0.15) is 0 Å². The highest BCUT2D eigenvalue weighted by atomic mass is 16.1. The van der Waals surface area contributed by atoms with Crippen LogP contribution in [0.5, 0.6) is 0 Å². The molecule has 0 N–H and O–H groups in total. The molecule has 0 radical (unpaired) electrons. The fraction of sp³-hybridized carbons (Fsp3) is 0.0769. The largest absolute Gasteiger partial charge is 0.298 e. The van der Waals surface area contributed by atoms with Gasteiger partial charge < -0.3 is 0 Å². The second-order valence-corrected chi connectivity index (χ2v) is 3.43. The summed E-state index contributed by atoms with van der Waals surface area (Å²) in [6.45, 7) is 2.03. The molecule has 2 aromatic rings. The molecule has 0 atom stereocenters. The normalized spacial score (nSPS) is 9.93. The van der Waals surface area contributed by atoms with Gasteiger partial charge in [0, 0.05) is 17.3 Å². The van der Waals surface area contributed by atoms with Crippen molar-refractivity contribution in [2.24, 2.45) is 0 Å². The first-order valence-corrected chi connectivity index (χ1v) is 4.78. The fourth-order valence-electron chi connectivity index (χ4n) is 1.47. The van der Waals surface area contributed by atoms with Crippen LogP contribution in [0.2, 0.25) is 0 Å². The van der Waals surface area contributed by atoms with Crippen molar-refractivity contribution in [2.75, 3.05) is 0 Å². The molecular weight excluding hydrogens is 186 g/mol. The molecule has 2 heteroatoms. The lowest BCUT2D eigenvalue weighted by atomic mass is 10.1. The molecule has 1 aromatic carbocycles. The van der Waals surface area contributed by atoms with Crippen molar-refractivity contribution in [2.45, 2.75) is 6.92 Å². The third-order valence-electron chi connectivity index (χ3n) is 2.29. The Morgan fingerprint density at radius 2 is 1.87 bits per heavy atom. The van der Waals surface area contributed by atoms with Crippen LogP contribution in [0.3, 0.4) is 0 Å². The molecule has 0 fully saturated rings. The molecule has 0 saturated heterocycles. The Hall–Kier alpha value is -1.96. The number of hydrogen-bond acceptors (Lipinski definition) is 2. The number of pyridine rings is 1. The number of carbonyl (C=O) groups is 1. The van der Waals surface area contributed by atoms with Crippen LogP contribution in [0.4, 0.5) is 0 Å². The van der Waals surface area contributed by atoms with Crippen LogP contribution >= 0.6 is 0 Å². The predicted octanol–water partition coefficient (Wildman–Crippen LogP) is 2.87. The highest BCUT2D eigenvalue weighted by molar-refractivity contribution is 5.85. The van der Waals surface area contributed by atoms with Gasteiger partial charge in [-0.15, -0.1) is 0 Å². The average Bonchev–Trinajstić information content (AvgIpc) is 2.30. The number of aldehydes is 1. The van der Waals surface area contributed by atoms with E-state index < -0.39 is 0 Å². The van der Waals surface area contributed by atoms with Crippen molar-refractivity contribution >= 4 is 6.29 Å². The lowest BCUT2D eigenvalue weighted by molar-refractivity contribution is 0.112. The molecule has 1 aromatic heterocycles. The Kier molecular flexibility index (Phi) is 2.59. The number of carbonyl (C=O) groups excluding carboxylic acids is 1. The van der Waals surface area contributed by atoms with Gasteiger partial charge in [-0.25, -0.2) is 0 Å². The second-order valence-electron chi connectivity index (χ2n) is 3.43.